The second-order valence-electron chi connectivity index (χ2n) is 8.52. The van der Waals surface area contributed by atoms with Gasteiger partial charge in [0.2, 0.25) is 0 Å². The molecule has 1 amide bonds. The van der Waals surface area contributed by atoms with Crippen LogP contribution in [0.3, 0.4) is 0 Å². The predicted octanol–water partition coefficient (Wildman–Crippen LogP) is 4.65. The quantitative estimate of drug-likeness (QED) is 0.527. The molecule has 1 fully saturated rings. The maximum absolute atomic E-state index is 14.0. The van der Waals surface area contributed by atoms with Crippen LogP contribution in [-0.4, -0.2) is 64.6 Å². The average molecular weight is 485 g/mol. The van der Waals surface area contributed by atoms with Crippen LogP contribution in [0.4, 0.5) is 8.78 Å². The molecule has 0 spiro atoms. The molecule has 3 heterocycles. The highest BCUT2D eigenvalue weighted by molar-refractivity contribution is 5.93. The van der Waals surface area contributed by atoms with Crippen LogP contribution in [0.15, 0.2) is 48.8 Å². The van der Waals surface area contributed by atoms with E-state index < -0.39 is 11.6 Å². The maximum Gasteiger partial charge on any atom is 0.274 e. The molecule has 0 N–H and O–H groups in total. The Bertz CT molecular complexity index is 1120. The molecule has 0 aliphatic carbocycles. The molecule has 186 valence electrons. The van der Waals surface area contributed by atoms with E-state index in [0.717, 1.165) is 30.5 Å². The first-order valence-electron chi connectivity index (χ1n) is 12.0. The third-order valence-corrected chi connectivity index (χ3v) is 5.90. The summed E-state index contributed by atoms with van der Waals surface area (Å²) < 4.78 is 40.7. The van der Waals surface area contributed by atoms with Crippen LogP contribution in [0, 0.1) is 11.6 Å². The number of benzene rings is 1. The maximum atomic E-state index is 14.0. The van der Waals surface area contributed by atoms with Gasteiger partial charge in [-0.2, -0.15) is 5.10 Å². The number of rotatable bonds is 5. The molecule has 1 unspecified atom stereocenters. The topological polar surface area (TPSA) is 69.5 Å². The summed E-state index contributed by atoms with van der Waals surface area (Å²) in [4.78, 5) is 19.3. The van der Waals surface area contributed by atoms with Crippen molar-refractivity contribution in [2.45, 2.75) is 38.7 Å². The van der Waals surface area contributed by atoms with Gasteiger partial charge in [0.15, 0.2) is 17.3 Å². The molecule has 1 aromatic carbocycles. The van der Waals surface area contributed by atoms with Crippen LogP contribution in [0.25, 0.3) is 16.9 Å². The van der Waals surface area contributed by atoms with Crippen LogP contribution in [0.1, 0.15) is 43.1 Å². The Labute approximate surface area is 203 Å². The first-order chi connectivity index (χ1) is 17.1. The minimum absolute atomic E-state index is 0.0805. The first-order valence-corrected chi connectivity index (χ1v) is 12.0. The van der Waals surface area contributed by atoms with Gasteiger partial charge in [-0.15, -0.1) is 0 Å². The number of ether oxygens (including phenoxy) is 2. The van der Waals surface area contributed by atoms with Gasteiger partial charge in [-0.05, 0) is 49.6 Å². The number of nitrogens with zero attached hydrogens (tertiary/aromatic N) is 4. The monoisotopic (exact) mass is 484 g/mol. The molecule has 9 heteroatoms. The van der Waals surface area contributed by atoms with Gasteiger partial charge >= 0.3 is 0 Å². The summed E-state index contributed by atoms with van der Waals surface area (Å²) in [6.45, 7) is 4.83. The van der Waals surface area contributed by atoms with Crippen molar-refractivity contribution in [2.24, 2.45) is 0 Å². The van der Waals surface area contributed by atoms with Gasteiger partial charge in [0.05, 0.1) is 24.1 Å². The molecule has 1 saturated heterocycles. The minimum Gasteiger partial charge on any atom is -0.379 e. The number of aromatic nitrogens is 3. The fourth-order valence-corrected chi connectivity index (χ4v) is 4.12. The molecule has 35 heavy (non-hydrogen) atoms. The average Bonchev–Trinajstić information content (AvgIpc) is 3.30. The molecule has 3 aromatic rings. The van der Waals surface area contributed by atoms with Crippen molar-refractivity contribution in [3.05, 3.63) is 66.1 Å². The van der Waals surface area contributed by atoms with Gasteiger partial charge in [0.25, 0.3) is 5.91 Å². The Morgan fingerprint density at radius 2 is 1.83 bits per heavy atom. The highest BCUT2D eigenvalue weighted by Crippen LogP contribution is 2.25. The van der Waals surface area contributed by atoms with Crippen molar-refractivity contribution < 1.29 is 23.0 Å². The predicted molar refractivity (Wildman–Crippen MR) is 127 cm³/mol. The second-order valence-corrected chi connectivity index (χ2v) is 8.52. The number of hydrogen-bond acceptors (Lipinski definition) is 5. The normalized spacial score (nSPS) is 17.7. The van der Waals surface area contributed by atoms with Gasteiger partial charge in [0, 0.05) is 50.3 Å². The number of amides is 1. The zero-order valence-electron chi connectivity index (χ0n) is 19.8. The number of pyridine rings is 1. The molecule has 0 saturated carbocycles. The summed E-state index contributed by atoms with van der Waals surface area (Å²) in [6, 6.07) is 8.76. The molecule has 1 aliphatic heterocycles. The Kier molecular flexibility index (Phi) is 8.54. The summed E-state index contributed by atoms with van der Waals surface area (Å²) >= 11 is 0. The Hall–Kier alpha value is -3.17. The summed E-state index contributed by atoms with van der Waals surface area (Å²) in [6.07, 6.45) is 6.70. The smallest absolute Gasteiger partial charge is 0.274 e. The van der Waals surface area contributed by atoms with Crippen molar-refractivity contribution in [1.29, 1.82) is 0 Å². The lowest BCUT2D eigenvalue weighted by molar-refractivity contribution is -0.0196. The minimum atomic E-state index is -0.986. The third kappa shape index (κ3) is 6.29. The van der Waals surface area contributed by atoms with E-state index in [1.54, 1.807) is 35.5 Å². The van der Waals surface area contributed by atoms with E-state index in [4.69, 9.17) is 9.47 Å². The van der Waals surface area contributed by atoms with Gasteiger partial charge in [-0.1, -0.05) is 13.3 Å². The van der Waals surface area contributed by atoms with Gasteiger partial charge in [-0.3, -0.25) is 9.78 Å². The number of halogens is 2. The molecular weight excluding hydrogens is 454 g/mol. The van der Waals surface area contributed by atoms with Crippen LogP contribution < -0.4 is 0 Å². The first kappa shape index (κ1) is 24.9. The second kappa shape index (κ2) is 12.0. The van der Waals surface area contributed by atoms with E-state index in [-0.39, 0.29) is 17.7 Å². The standard InChI is InChI=1S/C26H30F2N4O3/c1-2-5-21-18-34-14-3-12-31(13-4-15-35-21)26(33)24-17-25(19-8-10-29-11-9-19)32(30-24)20-6-7-22(27)23(28)16-20/h6-11,16-17,21H,2-5,12-15,18H2,1H3. The zero-order valence-corrected chi connectivity index (χ0v) is 19.8. The number of carbonyl (C=O) groups excluding carboxylic acids is 1. The van der Waals surface area contributed by atoms with Crippen molar-refractivity contribution in [3.63, 3.8) is 0 Å². The van der Waals surface area contributed by atoms with Gasteiger partial charge in [-0.25, -0.2) is 13.5 Å². The largest absolute Gasteiger partial charge is 0.379 e. The van der Waals surface area contributed by atoms with E-state index >= 15 is 0 Å². The summed E-state index contributed by atoms with van der Waals surface area (Å²) in [5.41, 5.74) is 1.87. The lowest BCUT2D eigenvalue weighted by Gasteiger charge is -2.21. The molecule has 1 atom stereocenters. The van der Waals surface area contributed by atoms with E-state index in [1.807, 2.05) is 0 Å². The highest BCUT2D eigenvalue weighted by Gasteiger charge is 2.23. The molecular formula is C26H30F2N4O3. The van der Waals surface area contributed by atoms with Gasteiger partial charge in [0.1, 0.15) is 0 Å². The van der Waals surface area contributed by atoms with E-state index in [9.17, 15) is 13.6 Å². The fraction of sp³-hybridized carbons (Fsp3) is 0.423. The molecule has 7 nitrogen and oxygen atoms in total. The summed E-state index contributed by atoms with van der Waals surface area (Å²) in [5.74, 6) is -2.16. The Balaban J connectivity index is 1.60. The van der Waals surface area contributed by atoms with Crippen molar-refractivity contribution >= 4 is 5.91 Å². The lowest BCUT2D eigenvalue weighted by atomic mass is 10.1. The van der Waals surface area contributed by atoms with E-state index in [2.05, 4.69) is 17.0 Å². The van der Waals surface area contributed by atoms with Crippen LogP contribution in [0.2, 0.25) is 0 Å². The third-order valence-electron chi connectivity index (χ3n) is 5.90. The summed E-state index contributed by atoms with van der Waals surface area (Å²) in [5, 5.41) is 4.51. The highest BCUT2D eigenvalue weighted by atomic mass is 19.2. The Morgan fingerprint density at radius 1 is 1.06 bits per heavy atom. The molecule has 4 rings (SSSR count). The Morgan fingerprint density at radius 3 is 2.57 bits per heavy atom. The molecule has 0 radical (unpaired) electrons. The SMILES string of the molecule is CCCC1COCCCN(C(=O)c2cc(-c3ccncc3)n(-c3ccc(F)c(F)c3)n2)CCCO1. The van der Waals surface area contributed by atoms with Crippen molar-refractivity contribution in [1.82, 2.24) is 19.7 Å². The van der Waals surface area contributed by atoms with Crippen LogP contribution in [0.5, 0.6) is 0 Å². The zero-order chi connectivity index (χ0) is 24.6. The van der Waals surface area contributed by atoms with Crippen LogP contribution in [-0.2, 0) is 9.47 Å². The molecule has 1 aliphatic rings. The van der Waals surface area contributed by atoms with Crippen LogP contribution >= 0.6 is 0 Å². The molecule has 2 aromatic heterocycles. The van der Waals surface area contributed by atoms with Crippen molar-refractivity contribution in [2.75, 3.05) is 32.9 Å². The van der Waals surface area contributed by atoms with E-state index in [1.165, 1.54) is 10.7 Å². The van der Waals surface area contributed by atoms with Crippen molar-refractivity contribution in [3.8, 4) is 16.9 Å². The summed E-state index contributed by atoms with van der Waals surface area (Å²) in [7, 11) is 0. The van der Waals surface area contributed by atoms with E-state index in [0.29, 0.717) is 57.1 Å². The van der Waals surface area contributed by atoms with Gasteiger partial charge < -0.3 is 14.4 Å². The number of carbonyl (C=O) groups is 1. The lowest BCUT2D eigenvalue weighted by Crippen LogP contribution is -2.34. The fourth-order valence-electron chi connectivity index (χ4n) is 4.12. The number of hydrogen-bond donors (Lipinski definition) is 0. The molecule has 0 bridgehead atoms.